The molecule has 0 saturated carbocycles. The van der Waals surface area contributed by atoms with Gasteiger partial charge in [-0.15, -0.1) is 0 Å². The van der Waals surface area contributed by atoms with Crippen molar-refractivity contribution < 1.29 is 4.74 Å². The number of anilines is 1. The lowest BCUT2D eigenvalue weighted by Gasteiger charge is -2.14. The molecule has 0 aliphatic carbocycles. The quantitative estimate of drug-likeness (QED) is 0.843. The largest absolute Gasteiger partial charge is 0.437 e. The summed E-state index contributed by atoms with van der Waals surface area (Å²) in [6.07, 6.45) is 2.73. The first-order valence-electron chi connectivity index (χ1n) is 7.04. The fourth-order valence-corrected chi connectivity index (χ4v) is 2.20. The third-order valence-corrected chi connectivity index (χ3v) is 3.86. The van der Waals surface area contributed by atoms with Crippen LogP contribution < -0.4 is 10.1 Å². The van der Waals surface area contributed by atoms with Gasteiger partial charge in [-0.2, -0.15) is 4.98 Å². The minimum Gasteiger partial charge on any atom is -0.437 e. The lowest BCUT2D eigenvalue weighted by Crippen LogP contribution is -2.05. The molecule has 0 unspecified atom stereocenters. The fourth-order valence-electron chi connectivity index (χ4n) is 1.92. The fraction of sp³-hybridized carbons (Fsp3) is 0.375. The van der Waals surface area contributed by atoms with E-state index in [1.54, 1.807) is 6.20 Å². The van der Waals surface area contributed by atoms with Gasteiger partial charge in [-0.1, -0.05) is 19.1 Å². The van der Waals surface area contributed by atoms with Crippen LogP contribution in [0, 0.1) is 20.8 Å². The highest BCUT2D eigenvalue weighted by atomic mass is 79.9. The maximum Gasteiger partial charge on any atom is 0.238 e. The normalized spacial score (nSPS) is 10.5. The van der Waals surface area contributed by atoms with Crippen molar-refractivity contribution in [3.05, 3.63) is 39.5 Å². The van der Waals surface area contributed by atoms with E-state index in [1.165, 1.54) is 5.56 Å². The summed E-state index contributed by atoms with van der Waals surface area (Å²) in [7, 11) is 0. The number of halogens is 1. The van der Waals surface area contributed by atoms with Crippen LogP contribution in [0.15, 0.2) is 22.8 Å². The summed E-state index contributed by atoms with van der Waals surface area (Å²) in [5.41, 5.74) is 3.42. The Hall–Kier alpha value is -1.62. The van der Waals surface area contributed by atoms with E-state index in [0.717, 1.165) is 34.3 Å². The Labute approximate surface area is 134 Å². The topological polar surface area (TPSA) is 47.0 Å². The first-order chi connectivity index (χ1) is 10.0. The summed E-state index contributed by atoms with van der Waals surface area (Å²) >= 11 is 3.45. The maximum atomic E-state index is 6.03. The standard InChI is InChI=1S/C16H20BrN3O/c1-5-8-18-16-19-9-13(17)15(20-16)21-14-11(3)7-6-10(2)12(14)4/h6-7,9H,5,8H2,1-4H3,(H,18,19,20). The lowest BCUT2D eigenvalue weighted by molar-refractivity contribution is 0.451. The average Bonchev–Trinajstić information content (AvgIpc) is 2.48. The third-order valence-electron chi connectivity index (χ3n) is 3.32. The molecule has 0 saturated heterocycles. The molecule has 1 aromatic heterocycles. The van der Waals surface area contributed by atoms with Gasteiger partial charge in [0.2, 0.25) is 11.8 Å². The molecule has 2 aromatic rings. The molecule has 0 aliphatic rings. The summed E-state index contributed by atoms with van der Waals surface area (Å²) in [6.45, 7) is 9.10. The number of benzene rings is 1. The first-order valence-corrected chi connectivity index (χ1v) is 7.83. The lowest BCUT2D eigenvalue weighted by atomic mass is 10.1. The molecule has 2 rings (SSSR count). The van der Waals surface area contributed by atoms with Crippen LogP contribution in [0.2, 0.25) is 0 Å². The van der Waals surface area contributed by atoms with Crippen LogP contribution in [0.5, 0.6) is 11.6 Å². The van der Waals surface area contributed by atoms with Crippen LogP contribution in [0.3, 0.4) is 0 Å². The van der Waals surface area contributed by atoms with Crippen molar-refractivity contribution in [2.24, 2.45) is 0 Å². The molecular formula is C16H20BrN3O. The number of hydrogen-bond acceptors (Lipinski definition) is 4. The maximum absolute atomic E-state index is 6.03. The second-order valence-corrected chi connectivity index (χ2v) is 5.88. The van der Waals surface area contributed by atoms with Crippen molar-refractivity contribution in [3.8, 4) is 11.6 Å². The van der Waals surface area contributed by atoms with E-state index < -0.39 is 0 Å². The van der Waals surface area contributed by atoms with E-state index in [2.05, 4.69) is 64.1 Å². The van der Waals surface area contributed by atoms with Gasteiger partial charge in [0.1, 0.15) is 5.75 Å². The molecule has 5 heteroatoms. The highest BCUT2D eigenvalue weighted by molar-refractivity contribution is 9.10. The number of nitrogens with zero attached hydrogens (tertiary/aromatic N) is 2. The second-order valence-electron chi connectivity index (χ2n) is 5.03. The molecule has 0 atom stereocenters. The monoisotopic (exact) mass is 349 g/mol. The van der Waals surface area contributed by atoms with Crippen LogP contribution in [0.1, 0.15) is 30.0 Å². The SMILES string of the molecule is CCCNc1ncc(Br)c(Oc2c(C)ccc(C)c2C)n1. The van der Waals surface area contributed by atoms with Crippen LogP contribution >= 0.6 is 15.9 Å². The Balaban J connectivity index is 2.33. The predicted molar refractivity (Wildman–Crippen MR) is 89.2 cm³/mol. The van der Waals surface area contributed by atoms with Gasteiger partial charge in [0.05, 0.1) is 10.7 Å². The van der Waals surface area contributed by atoms with Crippen molar-refractivity contribution in [1.29, 1.82) is 0 Å². The minimum absolute atomic E-state index is 0.528. The zero-order valence-corrected chi connectivity index (χ0v) is 14.4. The summed E-state index contributed by atoms with van der Waals surface area (Å²) in [5, 5.41) is 3.17. The van der Waals surface area contributed by atoms with Gasteiger partial charge in [-0.25, -0.2) is 4.98 Å². The van der Waals surface area contributed by atoms with Gasteiger partial charge in [0.25, 0.3) is 0 Å². The summed E-state index contributed by atoms with van der Waals surface area (Å²) in [4.78, 5) is 8.66. The van der Waals surface area contributed by atoms with E-state index >= 15 is 0 Å². The van der Waals surface area contributed by atoms with Crippen molar-refractivity contribution in [3.63, 3.8) is 0 Å². The molecule has 1 N–H and O–H groups in total. The molecule has 0 fully saturated rings. The average molecular weight is 350 g/mol. The number of rotatable bonds is 5. The molecule has 4 nitrogen and oxygen atoms in total. The Bertz CT molecular complexity index is 644. The summed E-state index contributed by atoms with van der Waals surface area (Å²) in [6, 6.07) is 4.16. The molecule has 0 bridgehead atoms. The molecular weight excluding hydrogens is 330 g/mol. The minimum atomic E-state index is 0.528. The van der Waals surface area contributed by atoms with Gasteiger partial charge < -0.3 is 10.1 Å². The number of hydrogen-bond donors (Lipinski definition) is 1. The van der Waals surface area contributed by atoms with Crippen molar-refractivity contribution in [2.45, 2.75) is 34.1 Å². The highest BCUT2D eigenvalue weighted by Gasteiger charge is 2.12. The Morgan fingerprint density at radius 3 is 2.62 bits per heavy atom. The molecule has 0 aliphatic heterocycles. The van der Waals surface area contributed by atoms with Gasteiger partial charge >= 0.3 is 0 Å². The zero-order chi connectivity index (χ0) is 15.4. The van der Waals surface area contributed by atoms with Crippen molar-refractivity contribution >= 4 is 21.9 Å². The number of aromatic nitrogens is 2. The third kappa shape index (κ3) is 3.73. The van der Waals surface area contributed by atoms with Crippen LogP contribution in [-0.4, -0.2) is 16.5 Å². The highest BCUT2D eigenvalue weighted by Crippen LogP contribution is 2.33. The number of aryl methyl sites for hydroxylation is 2. The van der Waals surface area contributed by atoms with Gasteiger partial charge in [-0.3, -0.25) is 0 Å². The van der Waals surface area contributed by atoms with Crippen LogP contribution in [0.4, 0.5) is 5.95 Å². The smallest absolute Gasteiger partial charge is 0.238 e. The van der Waals surface area contributed by atoms with Crippen molar-refractivity contribution in [2.75, 3.05) is 11.9 Å². The van der Waals surface area contributed by atoms with E-state index in [4.69, 9.17) is 4.74 Å². The number of ether oxygens (including phenoxy) is 1. The molecule has 1 aromatic carbocycles. The number of nitrogens with one attached hydrogen (secondary N) is 1. The van der Waals surface area contributed by atoms with Crippen LogP contribution in [0.25, 0.3) is 0 Å². The Morgan fingerprint density at radius 2 is 1.90 bits per heavy atom. The predicted octanol–water partition coefficient (Wildman–Crippen LogP) is 4.78. The van der Waals surface area contributed by atoms with E-state index in [0.29, 0.717) is 11.8 Å². The zero-order valence-electron chi connectivity index (χ0n) is 12.8. The molecule has 0 spiro atoms. The summed E-state index contributed by atoms with van der Waals surface area (Å²) in [5.74, 6) is 1.97. The van der Waals surface area contributed by atoms with Gasteiger partial charge in [0.15, 0.2) is 0 Å². The molecule has 0 amide bonds. The molecule has 1 heterocycles. The van der Waals surface area contributed by atoms with E-state index in [-0.39, 0.29) is 0 Å². The van der Waals surface area contributed by atoms with Gasteiger partial charge in [-0.05, 0) is 59.8 Å². The molecule has 0 radical (unpaired) electrons. The molecule has 21 heavy (non-hydrogen) atoms. The van der Waals surface area contributed by atoms with Crippen LogP contribution in [-0.2, 0) is 0 Å². The Morgan fingerprint density at radius 1 is 1.19 bits per heavy atom. The molecule has 112 valence electrons. The Kier molecular flexibility index (Phi) is 5.17. The van der Waals surface area contributed by atoms with E-state index in [9.17, 15) is 0 Å². The van der Waals surface area contributed by atoms with Gasteiger partial charge in [0, 0.05) is 6.54 Å². The van der Waals surface area contributed by atoms with Crippen molar-refractivity contribution in [1.82, 2.24) is 9.97 Å². The first kappa shape index (κ1) is 15.8. The summed E-state index contributed by atoms with van der Waals surface area (Å²) < 4.78 is 6.77. The van der Waals surface area contributed by atoms with E-state index in [1.807, 2.05) is 6.92 Å². The second kappa shape index (κ2) is 6.89.